The third-order valence-corrected chi connectivity index (χ3v) is 4.40. The highest BCUT2D eigenvalue weighted by atomic mass is 16.6. The average Bonchev–Trinajstić information content (AvgIpc) is 2.55. The monoisotopic (exact) mass is 422 g/mol. The lowest BCUT2D eigenvalue weighted by Gasteiger charge is -2.42. The van der Waals surface area contributed by atoms with Crippen molar-refractivity contribution >= 4 is 23.6 Å². The Morgan fingerprint density at radius 3 is 2.30 bits per heavy atom. The first kappa shape index (κ1) is 23.7. The first-order valence-electron chi connectivity index (χ1n) is 10.1. The smallest absolute Gasteiger partial charge is 0.412 e. The number of hydrogen-bond donors (Lipinski definition) is 3. The molecule has 2 amide bonds. The van der Waals surface area contributed by atoms with Gasteiger partial charge in [0.15, 0.2) is 0 Å². The molecule has 1 aliphatic heterocycles. The van der Waals surface area contributed by atoms with Crippen LogP contribution in [-0.4, -0.2) is 58.7 Å². The van der Waals surface area contributed by atoms with E-state index in [9.17, 15) is 14.7 Å². The molecule has 0 saturated carbocycles. The third-order valence-electron chi connectivity index (χ3n) is 4.40. The van der Waals surface area contributed by atoms with E-state index in [1.165, 1.54) is 0 Å². The van der Waals surface area contributed by atoms with Gasteiger partial charge in [0.25, 0.3) is 0 Å². The maximum absolute atomic E-state index is 12.2. The van der Waals surface area contributed by atoms with Crippen molar-refractivity contribution in [1.82, 2.24) is 10.3 Å². The van der Waals surface area contributed by atoms with Crippen LogP contribution in [0.4, 0.5) is 21.0 Å². The summed E-state index contributed by atoms with van der Waals surface area (Å²) in [7, 11) is 0. The lowest BCUT2D eigenvalue weighted by Crippen LogP contribution is -2.59. The highest BCUT2D eigenvalue weighted by molar-refractivity contribution is 5.89. The molecule has 168 valence electrons. The number of ether oxygens (including phenoxy) is 2. The fourth-order valence-electron chi connectivity index (χ4n) is 3.23. The van der Waals surface area contributed by atoms with Crippen LogP contribution < -0.4 is 15.5 Å². The number of carbonyl (C=O) groups excluding carboxylic acids is 2. The number of alkyl carbamates (subject to hydrolysis) is 1. The van der Waals surface area contributed by atoms with Crippen LogP contribution in [0.15, 0.2) is 18.5 Å². The minimum absolute atomic E-state index is 0.124. The van der Waals surface area contributed by atoms with E-state index in [1.807, 2.05) is 11.8 Å². The molecule has 2 rings (SSSR count). The molecule has 0 radical (unpaired) electrons. The molecule has 0 aromatic carbocycles. The fourth-order valence-corrected chi connectivity index (χ4v) is 3.23. The Labute approximate surface area is 178 Å². The predicted octanol–water partition coefficient (Wildman–Crippen LogP) is 3.14. The van der Waals surface area contributed by atoms with Gasteiger partial charge in [0.05, 0.1) is 29.7 Å². The van der Waals surface area contributed by atoms with Crippen LogP contribution in [0, 0.1) is 5.92 Å². The minimum atomic E-state index is -0.724. The van der Waals surface area contributed by atoms with Crippen LogP contribution in [-0.2, 0) is 9.47 Å². The molecule has 9 nitrogen and oxygen atoms in total. The Balaban J connectivity index is 2.17. The summed E-state index contributed by atoms with van der Waals surface area (Å²) in [5, 5.41) is 16.1. The maximum atomic E-state index is 12.2. The number of piperidine rings is 1. The van der Waals surface area contributed by atoms with Crippen molar-refractivity contribution in [2.45, 2.75) is 71.8 Å². The molecule has 3 atom stereocenters. The van der Waals surface area contributed by atoms with Gasteiger partial charge in [-0.1, -0.05) is 6.92 Å². The fraction of sp³-hybridized carbons (Fsp3) is 0.667. The van der Waals surface area contributed by atoms with E-state index in [2.05, 4.69) is 15.6 Å². The molecule has 0 bridgehead atoms. The van der Waals surface area contributed by atoms with Crippen molar-refractivity contribution in [3.8, 4) is 0 Å². The largest absolute Gasteiger partial charge is 0.444 e. The Morgan fingerprint density at radius 1 is 1.10 bits per heavy atom. The number of hydrogen-bond acceptors (Lipinski definition) is 7. The summed E-state index contributed by atoms with van der Waals surface area (Å²) in [6, 6.07) is 1.24. The highest BCUT2D eigenvalue weighted by Gasteiger charge is 2.36. The first-order valence-corrected chi connectivity index (χ1v) is 10.1. The summed E-state index contributed by atoms with van der Waals surface area (Å²) in [6.45, 7) is 13.5. The van der Waals surface area contributed by atoms with Gasteiger partial charge in [-0.15, -0.1) is 0 Å². The van der Waals surface area contributed by atoms with E-state index in [0.717, 1.165) is 5.69 Å². The molecule has 3 N–H and O–H groups in total. The molecular formula is C21H34N4O5. The van der Waals surface area contributed by atoms with Crippen molar-refractivity contribution < 1.29 is 24.2 Å². The van der Waals surface area contributed by atoms with Gasteiger partial charge in [0, 0.05) is 25.2 Å². The molecule has 1 aromatic heterocycles. The van der Waals surface area contributed by atoms with Crippen LogP contribution in [0.1, 0.15) is 48.5 Å². The number of carbonyl (C=O) groups is 2. The quantitative estimate of drug-likeness (QED) is 0.686. The van der Waals surface area contributed by atoms with Gasteiger partial charge in [0.1, 0.15) is 11.2 Å². The predicted molar refractivity (Wildman–Crippen MR) is 115 cm³/mol. The van der Waals surface area contributed by atoms with E-state index in [4.69, 9.17) is 9.47 Å². The van der Waals surface area contributed by atoms with E-state index >= 15 is 0 Å². The topological polar surface area (TPSA) is 113 Å². The van der Waals surface area contributed by atoms with Crippen LogP contribution in [0.25, 0.3) is 0 Å². The molecule has 0 aliphatic carbocycles. The van der Waals surface area contributed by atoms with Gasteiger partial charge in [-0.25, -0.2) is 9.59 Å². The number of nitrogens with zero attached hydrogens (tertiary/aromatic N) is 2. The summed E-state index contributed by atoms with van der Waals surface area (Å²) in [4.78, 5) is 30.5. The molecule has 0 spiro atoms. The third kappa shape index (κ3) is 7.05. The summed E-state index contributed by atoms with van der Waals surface area (Å²) in [5.74, 6) is -0.124. The molecule has 1 aliphatic rings. The normalized spacial score (nSPS) is 22.3. The number of anilines is 2. The number of amides is 2. The Morgan fingerprint density at radius 2 is 1.70 bits per heavy atom. The maximum Gasteiger partial charge on any atom is 0.412 e. The van der Waals surface area contributed by atoms with Crippen molar-refractivity contribution in [2.75, 3.05) is 23.3 Å². The minimum Gasteiger partial charge on any atom is -0.444 e. The molecule has 9 heteroatoms. The lowest BCUT2D eigenvalue weighted by atomic mass is 9.92. The first-order chi connectivity index (χ1) is 13.7. The second-order valence-corrected chi connectivity index (χ2v) is 9.65. The van der Waals surface area contributed by atoms with Crippen LogP contribution >= 0.6 is 0 Å². The summed E-state index contributed by atoms with van der Waals surface area (Å²) < 4.78 is 10.7. The summed E-state index contributed by atoms with van der Waals surface area (Å²) in [6.07, 6.45) is 1.29. The van der Waals surface area contributed by atoms with Crippen molar-refractivity contribution in [1.29, 1.82) is 0 Å². The molecule has 1 saturated heterocycles. The molecule has 0 unspecified atom stereocenters. The van der Waals surface area contributed by atoms with Crippen molar-refractivity contribution in [3.63, 3.8) is 0 Å². The van der Waals surface area contributed by atoms with E-state index < -0.39 is 35.5 Å². The highest BCUT2D eigenvalue weighted by Crippen LogP contribution is 2.30. The zero-order valence-electron chi connectivity index (χ0n) is 18.9. The standard InChI is InChI=1S/C21H34N4O5/c1-13-11-25(12-15(17(13)26)24-19(28)30-21(5,6)7)16-8-9-22-10-14(16)23-18(27)29-20(2,3)4/h8-10,13,15,17,26H,11-12H2,1-7H3,(H,23,27)(H,24,28)/t13-,15+,17+/m0/s1. The van der Waals surface area contributed by atoms with Gasteiger partial charge < -0.3 is 24.8 Å². The van der Waals surface area contributed by atoms with Gasteiger partial charge >= 0.3 is 12.2 Å². The number of pyridine rings is 1. The second kappa shape index (κ2) is 9.07. The number of nitrogens with one attached hydrogen (secondary N) is 2. The number of rotatable bonds is 3. The zero-order chi connectivity index (χ0) is 22.7. The molecule has 30 heavy (non-hydrogen) atoms. The van der Waals surface area contributed by atoms with Crippen LogP contribution in [0.2, 0.25) is 0 Å². The van der Waals surface area contributed by atoms with Crippen molar-refractivity contribution in [3.05, 3.63) is 18.5 Å². The molecule has 1 aromatic rings. The van der Waals surface area contributed by atoms with E-state index in [1.54, 1.807) is 60.0 Å². The number of aromatic nitrogens is 1. The van der Waals surface area contributed by atoms with Crippen LogP contribution in [0.5, 0.6) is 0 Å². The van der Waals surface area contributed by atoms with E-state index in [0.29, 0.717) is 18.8 Å². The number of aliphatic hydroxyl groups is 1. The van der Waals surface area contributed by atoms with Crippen LogP contribution in [0.3, 0.4) is 0 Å². The van der Waals surface area contributed by atoms with Gasteiger partial charge in [0.2, 0.25) is 0 Å². The summed E-state index contributed by atoms with van der Waals surface area (Å²) in [5.41, 5.74) is -0.0413. The summed E-state index contributed by atoms with van der Waals surface area (Å²) >= 11 is 0. The Kier molecular flexibility index (Phi) is 7.18. The second-order valence-electron chi connectivity index (χ2n) is 9.65. The van der Waals surface area contributed by atoms with Gasteiger partial charge in [-0.2, -0.15) is 0 Å². The lowest BCUT2D eigenvalue weighted by molar-refractivity contribution is 0.0303. The van der Waals surface area contributed by atoms with Gasteiger partial charge in [-0.3, -0.25) is 10.3 Å². The SMILES string of the molecule is C[C@H]1CN(c2ccncc2NC(=O)OC(C)(C)C)C[C@@H](NC(=O)OC(C)(C)C)[C@@H]1O. The Bertz CT molecular complexity index is 756. The van der Waals surface area contributed by atoms with E-state index in [-0.39, 0.29) is 5.92 Å². The zero-order valence-corrected chi connectivity index (χ0v) is 18.9. The Hall–Kier alpha value is -2.55. The molecule has 1 fully saturated rings. The molecular weight excluding hydrogens is 388 g/mol. The molecule has 2 heterocycles. The average molecular weight is 423 g/mol. The number of aliphatic hydroxyl groups excluding tert-OH is 1. The van der Waals surface area contributed by atoms with Crippen molar-refractivity contribution in [2.24, 2.45) is 5.92 Å². The van der Waals surface area contributed by atoms with Gasteiger partial charge in [-0.05, 0) is 47.6 Å².